The average Bonchev–Trinajstić information content (AvgIpc) is 2.45. The Balaban J connectivity index is 0.000000446. The minimum Gasteiger partial charge on any atom is -0.550 e. The van der Waals surface area contributed by atoms with Gasteiger partial charge in [0, 0.05) is 12.4 Å². The maximum Gasteiger partial charge on any atom is 0.217 e. The van der Waals surface area contributed by atoms with E-state index in [1.54, 1.807) is 0 Å². The first-order valence-electron chi connectivity index (χ1n) is 8.17. The molecule has 0 saturated carbocycles. The molecule has 0 aliphatic heterocycles. The highest BCUT2D eigenvalue weighted by atomic mass is 16.4. The molecular weight excluding hydrogens is 308 g/mol. The average molecular weight is 338 g/mol. The minimum atomic E-state index is -1.12. The van der Waals surface area contributed by atoms with E-state index >= 15 is 0 Å². The van der Waals surface area contributed by atoms with Crippen molar-refractivity contribution in [1.29, 1.82) is 0 Å². The van der Waals surface area contributed by atoms with E-state index in [1.807, 2.05) is 51.1 Å². The Kier molecular flexibility index (Phi) is 10.7. The van der Waals surface area contributed by atoms with Crippen molar-refractivity contribution >= 4 is 11.9 Å². The molecule has 6 heteroatoms. The van der Waals surface area contributed by atoms with Gasteiger partial charge in [-0.1, -0.05) is 44.2 Å². The van der Waals surface area contributed by atoms with Crippen LogP contribution in [0.25, 0.3) is 0 Å². The van der Waals surface area contributed by atoms with E-state index in [0.717, 1.165) is 5.56 Å². The van der Waals surface area contributed by atoms with Crippen molar-refractivity contribution < 1.29 is 25.5 Å². The van der Waals surface area contributed by atoms with Crippen LogP contribution in [0.15, 0.2) is 30.3 Å². The molecule has 3 atom stereocenters. The van der Waals surface area contributed by atoms with Gasteiger partial charge in [0.25, 0.3) is 0 Å². The lowest BCUT2D eigenvalue weighted by molar-refractivity contribution is -0.433. The smallest absolute Gasteiger partial charge is 0.217 e. The van der Waals surface area contributed by atoms with Gasteiger partial charge in [-0.15, -0.1) is 0 Å². The molecule has 0 unspecified atom stereocenters. The van der Waals surface area contributed by atoms with Gasteiger partial charge in [-0.05, 0) is 37.2 Å². The van der Waals surface area contributed by atoms with Crippen LogP contribution in [0.4, 0.5) is 0 Å². The van der Waals surface area contributed by atoms with Gasteiger partial charge in [-0.3, -0.25) is 4.79 Å². The third-order valence-electron chi connectivity index (χ3n) is 3.43. The maximum atomic E-state index is 10.6. The highest BCUT2D eigenvalue weighted by molar-refractivity contribution is 5.75. The molecule has 24 heavy (non-hydrogen) atoms. The Labute approximate surface area is 143 Å². The van der Waals surface area contributed by atoms with E-state index in [9.17, 15) is 19.8 Å². The van der Waals surface area contributed by atoms with Crippen molar-refractivity contribution in [2.45, 2.75) is 52.2 Å². The Bertz CT molecular complexity index is 473. The molecule has 6 N–H and O–H groups in total. The summed E-state index contributed by atoms with van der Waals surface area (Å²) in [4.78, 5) is 20.9. The molecule has 0 saturated heterocycles. The number of aliphatic hydroxyl groups excluding tert-OH is 1. The first-order valence-corrected chi connectivity index (χ1v) is 8.17. The number of hydrogen-bond acceptors (Lipinski definition) is 4. The summed E-state index contributed by atoms with van der Waals surface area (Å²) in [5.41, 5.74) is 9.70. The monoisotopic (exact) mass is 338 g/mol. The topological polar surface area (TPSA) is 131 Å². The maximum absolute atomic E-state index is 10.6. The second-order valence-electron chi connectivity index (χ2n) is 6.57. The molecule has 0 radical (unpaired) electrons. The van der Waals surface area contributed by atoms with Crippen molar-refractivity contribution in [2.24, 2.45) is 17.6 Å². The zero-order chi connectivity index (χ0) is 18.7. The SMILES string of the molecule is CC(C)C[C@H](CC(N)=O)CC(=O)[O-].C[C@@H]([NH3+])[C@@H](O)c1ccccc1. The summed E-state index contributed by atoms with van der Waals surface area (Å²) < 4.78 is 0. The molecule has 1 rings (SSSR count). The molecular formula is C18H30N2O4. The summed E-state index contributed by atoms with van der Waals surface area (Å²) in [6.45, 7) is 5.85. The lowest BCUT2D eigenvalue weighted by Gasteiger charge is -2.17. The summed E-state index contributed by atoms with van der Waals surface area (Å²) in [5, 5.41) is 19.8. The van der Waals surface area contributed by atoms with Gasteiger partial charge in [0.05, 0.1) is 0 Å². The second-order valence-corrected chi connectivity index (χ2v) is 6.57. The molecule has 136 valence electrons. The number of carbonyl (C=O) groups is 2. The van der Waals surface area contributed by atoms with Gasteiger partial charge in [0.15, 0.2) is 0 Å². The van der Waals surface area contributed by atoms with E-state index in [1.165, 1.54) is 0 Å². The van der Waals surface area contributed by atoms with Crippen molar-refractivity contribution in [3.05, 3.63) is 35.9 Å². The van der Waals surface area contributed by atoms with E-state index < -0.39 is 18.0 Å². The molecule has 0 heterocycles. The number of primary amides is 1. The number of rotatable bonds is 8. The van der Waals surface area contributed by atoms with Crippen LogP contribution in [-0.2, 0) is 9.59 Å². The fraction of sp³-hybridized carbons (Fsp3) is 0.556. The lowest BCUT2D eigenvalue weighted by atomic mass is 9.91. The largest absolute Gasteiger partial charge is 0.550 e. The quantitative estimate of drug-likeness (QED) is 0.616. The number of aliphatic carboxylic acids is 1. The van der Waals surface area contributed by atoms with E-state index in [2.05, 4.69) is 5.73 Å². The van der Waals surface area contributed by atoms with E-state index in [0.29, 0.717) is 12.3 Å². The Morgan fingerprint density at radius 3 is 2.08 bits per heavy atom. The fourth-order valence-electron chi connectivity index (χ4n) is 2.40. The fourth-order valence-corrected chi connectivity index (χ4v) is 2.40. The first-order chi connectivity index (χ1) is 11.1. The number of carboxylic acid groups (broad SMARTS) is 1. The number of quaternary nitrogens is 1. The number of benzene rings is 1. The molecule has 1 amide bonds. The first kappa shape index (κ1) is 22.1. The van der Waals surface area contributed by atoms with E-state index in [4.69, 9.17) is 5.73 Å². The normalized spacial score (nSPS) is 14.2. The molecule has 6 nitrogen and oxygen atoms in total. The van der Waals surface area contributed by atoms with Crippen LogP contribution >= 0.6 is 0 Å². The van der Waals surface area contributed by atoms with Crippen LogP contribution in [0.5, 0.6) is 0 Å². The molecule has 0 aromatic heterocycles. The highest BCUT2D eigenvalue weighted by Crippen LogP contribution is 2.18. The Morgan fingerprint density at radius 2 is 1.71 bits per heavy atom. The predicted molar refractivity (Wildman–Crippen MR) is 90.1 cm³/mol. The number of hydrogen-bond donors (Lipinski definition) is 3. The predicted octanol–water partition coefficient (Wildman–Crippen LogP) is 0.0145. The molecule has 0 aliphatic carbocycles. The van der Waals surface area contributed by atoms with E-state index in [-0.39, 0.29) is 24.8 Å². The van der Waals surface area contributed by atoms with Crippen molar-refractivity contribution in [2.75, 3.05) is 0 Å². The Hall–Kier alpha value is -1.92. The molecule has 0 aliphatic rings. The van der Waals surface area contributed by atoms with Crippen LogP contribution in [0, 0.1) is 11.8 Å². The molecule has 1 aromatic carbocycles. The standard InChI is InChI=1S/C9H17NO3.C9H13NO/c1-6(2)3-7(4-8(10)11)5-9(12)13;1-7(10)9(11)8-5-3-2-4-6-8/h6-7H,3-5H2,1-2H3,(H2,10,11)(H,12,13);2-7,9,11H,10H2,1H3/t7-;7-,9-/m11/s1. The van der Waals surface area contributed by atoms with Crippen LogP contribution in [0.2, 0.25) is 0 Å². The molecule has 1 aromatic rings. The summed E-state index contributed by atoms with van der Waals surface area (Å²) in [6, 6.07) is 9.63. The van der Waals surface area contributed by atoms with Crippen LogP contribution in [0.1, 0.15) is 51.7 Å². The van der Waals surface area contributed by atoms with Crippen LogP contribution in [-0.4, -0.2) is 23.0 Å². The van der Waals surface area contributed by atoms with Crippen molar-refractivity contribution in [3.8, 4) is 0 Å². The molecule has 0 bridgehead atoms. The van der Waals surface area contributed by atoms with Gasteiger partial charge >= 0.3 is 0 Å². The van der Waals surface area contributed by atoms with Gasteiger partial charge < -0.3 is 26.5 Å². The number of nitrogens with two attached hydrogens (primary N) is 1. The number of carboxylic acids is 1. The summed E-state index contributed by atoms with van der Waals surface area (Å²) in [6.07, 6.45) is 0.306. The third kappa shape index (κ3) is 10.7. The number of carbonyl (C=O) groups excluding carboxylic acids is 2. The minimum absolute atomic E-state index is 0.0393. The van der Waals surface area contributed by atoms with Gasteiger partial charge in [0.1, 0.15) is 12.1 Å². The van der Waals surface area contributed by atoms with Crippen LogP contribution < -0.4 is 16.6 Å². The molecule has 0 spiro atoms. The van der Waals surface area contributed by atoms with Crippen molar-refractivity contribution in [3.63, 3.8) is 0 Å². The second kappa shape index (κ2) is 11.6. The Morgan fingerprint density at radius 1 is 1.17 bits per heavy atom. The zero-order valence-corrected chi connectivity index (χ0v) is 14.8. The highest BCUT2D eigenvalue weighted by Gasteiger charge is 2.14. The lowest BCUT2D eigenvalue weighted by Crippen LogP contribution is -2.61. The van der Waals surface area contributed by atoms with Gasteiger partial charge in [0.2, 0.25) is 5.91 Å². The third-order valence-corrected chi connectivity index (χ3v) is 3.43. The van der Waals surface area contributed by atoms with Crippen LogP contribution in [0.3, 0.4) is 0 Å². The summed E-state index contributed by atoms with van der Waals surface area (Å²) >= 11 is 0. The van der Waals surface area contributed by atoms with Gasteiger partial charge in [-0.2, -0.15) is 0 Å². The van der Waals surface area contributed by atoms with Crippen molar-refractivity contribution in [1.82, 2.24) is 0 Å². The van der Waals surface area contributed by atoms with Gasteiger partial charge in [-0.25, -0.2) is 0 Å². The summed E-state index contributed by atoms with van der Waals surface area (Å²) in [7, 11) is 0. The zero-order valence-electron chi connectivity index (χ0n) is 14.8. The number of amides is 1. The number of aliphatic hydroxyl groups is 1. The molecule has 0 fully saturated rings. The summed E-state index contributed by atoms with van der Waals surface area (Å²) in [5.74, 6) is -1.38.